The lowest BCUT2D eigenvalue weighted by Gasteiger charge is -2.54. The Labute approximate surface area is 132 Å². The molecule has 4 rings (SSSR count). The van der Waals surface area contributed by atoms with E-state index in [2.05, 4.69) is 55.0 Å². The Kier molecular flexibility index (Phi) is 2.98. The van der Waals surface area contributed by atoms with Crippen LogP contribution >= 0.6 is 0 Å². The predicted octanol–water partition coefficient (Wildman–Crippen LogP) is 2.84. The van der Waals surface area contributed by atoms with Crippen LogP contribution in [0.3, 0.4) is 0 Å². The van der Waals surface area contributed by atoms with Gasteiger partial charge in [-0.2, -0.15) is 0 Å². The molecule has 0 spiro atoms. The molecule has 22 heavy (non-hydrogen) atoms. The summed E-state index contributed by atoms with van der Waals surface area (Å²) in [5.41, 5.74) is 3.52. The zero-order valence-electron chi connectivity index (χ0n) is 13.9. The number of hydrogen-bond acceptors (Lipinski definition) is 2. The fraction of sp³-hybridized carbons (Fsp3) is 0.579. The van der Waals surface area contributed by atoms with Crippen molar-refractivity contribution in [1.29, 1.82) is 0 Å². The molecule has 0 bridgehead atoms. The number of likely N-dealkylation sites (N-methyl/N-ethyl adjacent to an activating group) is 1. The summed E-state index contributed by atoms with van der Waals surface area (Å²) in [4.78, 5) is 2.24. The molecule has 0 aliphatic heterocycles. The van der Waals surface area contributed by atoms with Crippen LogP contribution < -0.4 is 0 Å². The van der Waals surface area contributed by atoms with Crippen molar-refractivity contribution in [1.82, 2.24) is 9.47 Å². The van der Waals surface area contributed by atoms with Crippen LogP contribution in [0.4, 0.5) is 0 Å². The molecule has 3 nitrogen and oxygen atoms in total. The average Bonchev–Trinajstić information content (AvgIpc) is 3.03. The SMILES string of the molecule is CN(C)CC1(C2(O)CCCC2)Cc2cc3c(ccn3C)cc21. The van der Waals surface area contributed by atoms with E-state index in [1.54, 1.807) is 0 Å². The van der Waals surface area contributed by atoms with Gasteiger partial charge in [0.1, 0.15) is 0 Å². The number of aliphatic hydroxyl groups is 1. The Morgan fingerprint density at radius 1 is 1.23 bits per heavy atom. The molecule has 0 saturated heterocycles. The summed E-state index contributed by atoms with van der Waals surface area (Å²) in [7, 11) is 6.35. The number of aromatic nitrogens is 1. The molecule has 0 amide bonds. The maximum atomic E-state index is 11.4. The summed E-state index contributed by atoms with van der Waals surface area (Å²) in [5, 5.41) is 12.7. The van der Waals surface area contributed by atoms with Crippen molar-refractivity contribution in [3.63, 3.8) is 0 Å². The summed E-state index contributed by atoms with van der Waals surface area (Å²) >= 11 is 0. The quantitative estimate of drug-likeness (QED) is 0.944. The minimum atomic E-state index is -0.521. The Morgan fingerprint density at radius 2 is 1.95 bits per heavy atom. The molecule has 1 aromatic heterocycles. The fourth-order valence-electron chi connectivity index (χ4n) is 4.95. The van der Waals surface area contributed by atoms with Gasteiger partial charge in [0, 0.05) is 30.7 Å². The molecule has 1 N–H and O–H groups in total. The number of nitrogens with zero attached hydrogens (tertiary/aromatic N) is 2. The Morgan fingerprint density at radius 3 is 2.64 bits per heavy atom. The van der Waals surface area contributed by atoms with Crippen molar-refractivity contribution in [2.45, 2.75) is 43.1 Å². The zero-order chi connectivity index (χ0) is 15.5. The molecule has 118 valence electrons. The highest BCUT2D eigenvalue weighted by atomic mass is 16.3. The van der Waals surface area contributed by atoms with E-state index in [9.17, 15) is 5.11 Å². The van der Waals surface area contributed by atoms with E-state index in [1.165, 1.54) is 22.0 Å². The first-order valence-electron chi connectivity index (χ1n) is 8.41. The fourth-order valence-corrected chi connectivity index (χ4v) is 4.95. The lowest BCUT2D eigenvalue weighted by atomic mass is 9.54. The molecule has 1 unspecified atom stereocenters. The third-order valence-electron chi connectivity index (χ3n) is 6.03. The normalized spacial score (nSPS) is 26.4. The van der Waals surface area contributed by atoms with Crippen LogP contribution in [0.1, 0.15) is 36.8 Å². The second-order valence-electron chi connectivity index (χ2n) is 7.73. The smallest absolute Gasteiger partial charge is 0.0759 e. The lowest BCUT2D eigenvalue weighted by molar-refractivity contribution is -0.0562. The minimum absolute atomic E-state index is 0.0770. The standard InChI is InChI=1S/C19H26N2O/c1-20(2)13-18(19(22)7-4-5-8-19)12-15-11-17-14(10-16(15)18)6-9-21(17)3/h6,9-11,22H,4-5,7-8,12-13H2,1-3H3. The van der Waals surface area contributed by atoms with E-state index in [0.717, 1.165) is 38.6 Å². The molecular formula is C19H26N2O. The van der Waals surface area contributed by atoms with Crippen LogP contribution in [0, 0.1) is 0 Å². The first-order chi connectivity index (χ1) is 10.5. The summed E-state index contributed by atoms with van der Waals surface area (Å²) in [5.74, 6) is 0. The third-order valence-corrected chi connectivity index (χ3v) is 6.03. The number of fused-ring (bicyclic) bond motifs is 2. The monoisotopic (exact) mass is 298 g/mol. The van der Waals surface area contributed by atoms with Crippen LogP contribution in [0.25, 0.3) is 10.9 Å². The molecule has 1 saturated carbocycles. The molecule has 3 heteroatoms. The van der Waals surface area contributed by atoms with Gasteiger partial charge in [-0.05, 0) is 68.1 Å². The Bertz CT molecular complexity index is 724. The van der Waals surface area contributed by atoms with Crippen LogP contribution in [-0.2, 0) is 18.9 Å². The molecule has 0 radical (unpaired) electrons. The molecule has 2 aliphatic rings. The van der Waals surface area contributed by atoms with E-state index >= 15 is 0 Å². The highest BCUT2D eigenvalue weighted by molar-refractivity contribution is 5.83. The van der Waals surface area contributed by atoms with E-state index in [0.29, 0.717) is 0 Å². The van der Waals surface area contributed by atoms with Gasteiger partial charge >= 0.3 is 0 Å². The van der Waals surface area contributed by atoms with E-state index in [1.807, 2.05) is 0 Å². The highest BCUT2D eigenvalue weighted by Crippen LogP contribution is 2.55. The van der Waals surface area contributed by atoms with Crippen molar-refractivity contribution >= 4 is 10.9 Å². The van der Waals surface area contributed by atoms with E-state index in [-0.39, 0.29) is 5.41 Å². The number of aryl methyl sites for hydroxylation is 1. The van der Waals surface area contributed by atoms with Crippen molar-refractivity contribution in [2.75, 3.05) is 20.6 Å². The van der Waals surface area contributed by atoms with Gasteiger partial charge < -0.3 is 14.6 Å². The van der Waals surface area contributed by atoms with Crippen LogP contribution in [0.15, 0.2) is 24.4 Å². The Hall–Kier alpha value is -1.32. The summed E-state index contributed by atoms with van der Waals surface area (Å²) in [6, 6.07) is 6.86. The number of rotatable bonds is 3. The number of benzene rings is 1. The molecule has 2 aromatic rings. The second-order valence-corrected chi connectivity index (χ2v) is 7.73. The predicted molar refractivity (Wildman–Crippen MR) is 90.3 cm³/mol. The van der Waals surface area contributed by atoms with Gasteiger partial charge in [0.05, 0.1) is 5.60 Å². The van der Waals surface area contributed by atoms with Gasteiger partial charge in [-0.1, -0.05) is 12.8 Å². The van der Waals surface area contributed by atoms with Gasteiger partial charge in [0.25, 0.3) is 0 Å². The average molecular weight is 298 g/mol. The van der Waals surface area contributed by atoms with E-state index in [4.69, 9.17) is 0 Å². The van der Waals surface area contributed by atoms with Crippen LogP contribution in [-0.4, -0.2) is 40.8 Å². The third kappa shape index (κ3) is 1.76. The lowest BCUT2D eigenvalue weighted by Crippen LogP contribution is -2.61. The van der Waals surface area contributed by atoms with Gasteiger partial charge in [-0.15, -0.1) is 0 Å². The first kappa shape index (κ1) is 14.3. The van der Waals surface area contributed by atoms with Gasteiger partial charge in [0.15, 0.2) is 0 Å². The van der Waals surface area contributed by atoms with Gasteiger partial charge in [-0.3, -0.25) is 0 Å². The molecule has 1 aromatic carbocycles. The van der Waals surface area contributed by atoms with E-state index < -0.39 is 5.60 Å². The van der Waals surface area contributed by atoms with Gasteiger partial charge in [-0.25, -0.2) is 0 Å². The highest BCUT2D eigenvalue weighted by Gasteiger charge is 2.58. The van der Waals surface area contributed by atoms with Crippen LogP contribution in [0.5, 0.6) is 0 Å². The van der Waals surface area contributed by atoms with Crippen molar-refractivity contribution in [3.05, 3.63) is 35.5 Å². The van der Waals surface area contributed by atoms with Gasteiger partial charge in [0.2, 0.25) is 0 Å². The minimum Gasteiger partial charge on any atom is -0.389 e. The van der Waals surface area contributed by atoms with Crippen molar-refractivity contribution in [2.24, 2.45) is 7.05 Å². The molecule has 2 aliphatic carbocycles. The molecule has 1 heterocycles. The molecule has 1 atom stereocenters. The summed E-state index contributed by atoms with van der Waals surface area (Å²) in [6.07, 6.45) is 7.36. The second kappa shape index (κ2) is 4.59. The van der Waals surface area contributed by atoms with Crippen LogP contribution in [0.2, 0.25) is 0 Å². The summed E-state index contributed by atoms with van der Waals surface area (Å²) < 4.78 is 2.19. The topological polar surface area (TPSA) is 28.4 Å². The summed E-state index contributed by atoms with van der Waals surface area (Å²) in [6.45, 7) is 0.939. The molecular weight excluding hydrogens is 272 g/mol. The maximum Gasteiger partial charge on any atom is 0.0759 e. The van der Waals surface area contributed by atoms with Crippen molar-refractivity contribution in [3.8, 4) is 0 Å². The van der Waals surface area contributed by atoms with Crippen molar-refractivity contribution < 1.29 is 5.11 Å². The largest absolute Gasteiger partial charge is 0.389 e. The first-order valence-corrected chi connectivity index (χ1v) is 8.41. The maximum absolute atomic E-state index is 11.4. The Balaban J connectivity index is 1.86. The molecule has 1 fully saturated rings. The number of hydrogen-bond donors (Lipinski definition) is 1. The zero-order valence-corrected chi connectivity index (χ0v) is 13.9.